The molecule has 106 valence electrons. The van der Waals surface area contributed by atoms with Crippen LogP contribution in [-0.4, -0.2) is 6.08 Å². The number of hydrogen-bond donors (Lipinski definition) is 0. The molecule has 2 fully saturated rings. The molecule has 0 heterocycles. The van der Waals surface area contributed by atoms with Crippen molar-refractivity contribution < 1.29 is 4.79 Å². The minimum atomic E-state index is -0.230. The van der Waals surface area contributed by atoms with Crippen LogP contribution in [0.4, 0.5) is 0 Å². The minimum Gasteiger partial charge on any atom is -0.211 e. The summed E-state index contributed by atoms with van der Waals surface area (Å²) >= 11 is 0. The van der Waals surface area contributed by atoms with E-state index in [1.165, 1.54) is 36.8 Å². The van der Waals surface area contributed by atoms with Crippen molar-refractivity contribution in [1.29, 1.82) is 0 Å². The molecule has 2 saturated carbocycles. The molecular formula is C18H23NO. The monoisotopic (exact) mass is 269 g/mol. The molecule has 0 radical (unpaired) electrons. The Bertz CT molecular complexity index is 540. The second-order valence-corrected chi connectivity index (χ2v) is 7.30. The second-order valence-electron chi connectivity index (χ2n) is 7.30. The van der Waals surface area contributed by atoms with Crippen LogP contribution >= 0.6 is 0 Å². The maximum atomic E-state index is 10.6. The molecule has 2 nitrogen and oxygen atoms in total. The van der Waals surface area contributed by atoms with E-state index in [1.807, 2.05) is 0 Å². The fraction of sp³-hybridized carbons (Fsp3) is 0.611. The van der Waals surface area contributed by atoms with Crippen molar-refractivity contribution in [3.05, 3.63) is 35.4 Å². The Labute approximate surface area is 121 Å². The highest BCUT2D eigenvalue weighted by Gasteiger charge is 2.45. The molecule has 20 heavy (non-hydrogen) atoms. The summed E-state index contributed by atoms with van der Waals surface area (Å²) in [6.45, 7) is 4.75. The van der Waals surface area contributed by atoms with Gasteiger partial charge in [-0.1, -0.05) is 38.1 Å². The van der Waals surface area contributed by atoms with Gasteiger partial charge >= 0.3 is 0 Å². The van der Waals surface area contributed by atoms with Crippen molar-refractivity contribution in [3.8, 4) is 0 Å². The van der Waals surface area contributed by atoms with Crippen LogP contribution in [0.5, 0.6) is 0 Å². The molecule has 0 amide bonds. The smallest absolute Gasteiger partial charge is 0.211 e. The molecule has 0 aliphatic heterocycles. The average molecular weight is 269 g/mol. The van der Waals surface area contributed by atoms with Crippen LogP contribution in [0.25, 0.3) is 0 Å². The molecule has 0 N–H and O–H groups in total. The lowest BCUT2D eigenvalue weighted by Crippen LogP contribution is -2.20. The summed E-state index contributed by atoms with van der Waals surface area (Å²) in [5.41, 5.74) is 2.92. The summed E-state index contributed by atoms with van der Waals surface area (Å²) in [6.07, 6.45) is 8.90. The molecule has 2 aliphatic carbocycles. The van der Waals surface area contributed by atoms with Gasteiger partial charge in [-0.3, -0.25) is 0 Å². The van der Waals surface area contributed by atoms with Gasteiger partial charge in [-0.2, -0.15) is 4.99 Å². The van der Waals surface area contributed by atoms with Gasteiger partial charge in [0, 0.05) is 0 Å². The van der Waals surface area contributed by atoms with E-state index >= 15 is 0 Å². The number of benzene rings is 1. The molecule has 3 rings (SSSR count). The van der Waals surface area contributed by atoms with E-state index in [-0.39, 0.29) is 5.54 Å². The van der Waals surface area contributed by atoms with Gasteiger partial charge < -0.3 is 0 Å². The Balaban J connectivity index is 1.80. The van der Waals surface area contributed by atoms with E-state index < -0.39 is 0 Å². The number of hydrogen-bond acceptors (Lipinski definition) is 2. The van der Waals surface area contributed by atoms with E-state index in [0.717, 1.165) is 12.8 Å². The Kier molecular flexibility index (Phi) is 3.30. The number of rotatable bonds is 3. The maximum Gasteiger partial charge on any atom is 0.235 e. The van der Waals surface area contributed by atoms with Crippen molar-refractivity contribution in [1.82, 2.24) is 0 Å². The zero-order valence-electron chi connectivity index (χ0n) is 12.5. The van der Waals surface area contributed by atoms with Crippen LogP contribution in [0.2, 0.25) is 0 Å². The standard InChI is InChI=1S/C18H23NO/c1-17(2)8-6-14(7-9-17)15-4-3-5-16(12-15)18(10-11-18)19-13-20/h3-5,12,14H,6-11H2,1-2H3. The molecule has 0 bridgehead atoms. The normalized spacial score (nSPS) is 23.9. The molecule has 1 aromatic carbocycles. The number of isocyanates is 1. The first kappa shape index (κ1) is 13.6. The summed E-state index contributed by atoms with van der Waals surface area (Å²) in [7, 11) is 0. The quantitative estimate of drug-likeness (QED) is 0.578. The lowest BCUT2D eigenvalue weighted by molar-refractivity contribution is 0.224. The fourth-order valence-electron chi connectivity index (χ4n) is 3.49. The van der Waals surface area contributed by atoms with Crippen molar-refractivity contribution in [2.24, 2.45) is 10.4 Å². The van der Waals surface area contributed by atoms with E-state index in [1.54, 1.807) is 6.08 Å². The average Bonchev–Trinajstić information content (AvgIpc) is 3.20. The van der Waals surface area contributed by atoms with Crippen LogP contribution in [0.15, 0.2) is 29.3 Å². The Hall–Kier alpha value is -1.40. The predicted octanol–water partition coefficient (Wildman–Crippen LogP) is 4.70. The van der Waals surface area contributed by atoms with Gasteiger partial charge in [0.2, 0.25) is 6.08 Å². The van der Waals surface area contributed by atoms with E-state index in [2.05, 4.69) is 43.1 Å². The molecule has 0 saturated heterocycles. The van der Waals surface area contributed by atoms with E-state index in [9.17, 15) is 4.79 Å². The zero-order chi connectivity index (χ0) is 14.2. The predicted molar refractivity (Wildman–Crippen MR) is 80.5 cm³/mol. The lowest BCUT2D eigenvalue weighted by atomic mass is 9.71. The molecule has 2 aliphatic rings. The van der Waals surface area contributed by atoms with Gasteiger partial charge in [0.05, 0.1) is 5.54 Å². The highest BCUT2D eigenvalue weighted by molar-refractivity contribution is 5.42. The van der Waals surface area contributed by atoms with E-state index in [0.29, 0.717) is 11.3 Å². The number of nitrogens with zero attached hydrogens (tertiary/aromatic N) is 1. The van der Waals surface area contributed by atoms with Gasteiger partial charge in [-0.25, -0.2) is 4.79 Å². The van der Waals surface area contributed by atoms with Crippen molar-refractivity contribution in [2.75, 3.05) is 0 Å². The largest absolute Gasteiger partial charge is 0.235 e. The van der Waals surface area contributed by atoms with Gasteiger partial charge in [0.1, 0.15) is 0 Å². The Morgan fingerprint density at radius 3 is 2.45 bits per heavy atom. The maximum absolute atomic E-state index is 10.6. The SMILES string of the molecule is CC1(C)CCC(c2cccc(C3(N=C=O)CC3)c2)CC1. The molecule has 2 heteroatoms. The molecule has 1 aromatic rings. The van der Waals surface area contributed by atoms with Gasteiger partial charge in [0.25, 0.3) is 0 Å². The molecule has 0 aromatic heterocycles. The van der Waals surface area contributed by atoms with E-state index in [4.69, 9.17) is 0 Å². The molecule has 0 spiro atoms. The Morgan fingerprint density at radius 2 is 1.85 bits per heavy atom. The van der Waals surface area contributed by atoms with Gasteiger partial charge in [-0.15, -0.1) is 0 Å². The van der Waals surface area contributed by atoms with Crippen LogP contribution in [-0.2, 0) is 10.3 Å². The summed E-state index contributed by atoms with van der Waals surface area (Å²) in [5.74, 6) is 0.680. The van der Waals surface area contributed by atoms with Crippen molar-refractivity contribution in [2.45, 2.75) is 63.8 Å². The van der Waals surface area contributed by atoms with Crippen LogP contribution in [0, 0.1) is 5.41 Å². The number of aliphatic imine (C=N–C) groups is 1. The minimum absolute atomic E-state index is 0.230. The summed E-state index contributed by atoms with van der Waals surface area (Å²) in [4.78, 5) is 14.6. The van der Waals surface area contributed by atoms with Crippen molar-refractivity contribution in [3.63, 3.8) is 0 Å². The molecular weight excluding hydrogens is 246 g/mol. The summed E-state index contributed by atoms with van der Waals surface area (Å²) < 4.78 is 0. The lowest BCUT2D eigenvalue weighted by Gasteiger charge is -2.34. The molecule has 0 atom stereocenters. The zero-order valence-corrected chi connectivity index (χ0v) is 12.5. The first-order chi connectivity index (χ1) is 9.55. The highest BCUT2D eigenvalue weighted by Crippen LogP contribution is 2.50. The van der Waals surface area contributed by atoms with Crippen LogP contribution in [0.1, 0.15) is 69.4 Å². The third kappa shape index (κ3) is 2.58. The topological polar surface area (TPSA) is 29.4 Å². The fourth-order valence-corrected chi connectivity index (χ4v) is 3.49. The molecule has 0 unspecified atom stereocenters. The third-order valence-electron chi connectivity index (χ3n) is 5.22. The van der Waals surface area contributed by atoms with Crippen molar-refractivity contribution >= 4 is 6.08 Å². The first-order valence-electron chi connectivity index (χ1n) is 7.74. The first-order valence-corrected chi connectivity index (χ1v) is 7.74. The highest BCUT2D eigenvalue weighted by atomic mass is 16.1. The third-order valence-corrected chi connectivity index (χ3v) is 5.22. The van der Waals surface area contributed by atoms with Gasteiger partial charge in [-0.05, 0) is 61.0 Å². The number of carbonyl (C=O) groups excluding carboxylic acids is 1. The summed E-state index contributed by atoms with van der Waals surface area (Å²) in [5, 5.41) is 0. The van der Waals surface area contributed by atoms with Crippen LogP contribution < -0.4 is 0 Å². The van der Waals surface area contributed by atoms with Gasteiger partial charge in [0.15, 0.2) is 0 Å². The Morgan fingerprint density at radius 1 is 1.15 bits per heavy atom. The van der Waals surface area contributed by atoms with Crippen LogP contribution in [0.3, 0.4) is 0 Å². The summed E-state index contributed by atoms with van der Waals surface area (Å²) in [6, 6.07) is 8.78. The second kappa shape index (κ2) is 4.86.